The van der Waals surface area contributed by atoms with E-state index in [2.05, 4.69) is 32.5 Å². The maximum atomic E-state index is 14.2. The molecule has 1 N–H and O–H groups in total. The molecule has 0 bridgehead atoms. The van der Waals surface area contributed by atoms with E-state index >= 15 is 0 Å². The molecule has 2 heterocycles. The molecule has 0 aliphatic carbocycles. The second kappa shape index (κ2) is 12.0. The van der Waals surface area contributed by atoms with Gasteiger partial charge in [0.15, 0.2) is 0 Å². The topological polar surface area (TPSA) is 91.6 Å². The average molecular weight is 528 g/mol. The van der Waals surface area contributed by atoms with Crippen molar-refractivity contribution in [2.45, 2.75) is 25.9 Å². The van der Waals surface area contributed by atoms with Gasteiger partial charge in [0.2, 0.25) is 17.6 Å². The monoisotopic (exact) mass is 527 g/mol. The normalized spacial score (nSPS) is 14.7. The molecular formula is C30H30FN5O3. The molecule has 1 fully saturated rings. The van der Waals surface area contributed by atoms with Crippen LogP contribution in [0.4, 0.5) is 4.39 Å². The fourth-order valence-corrected chi connectivity index (χ4v) is 4.78. The highest BCUT2D eigenvalue weighted by atomic mass is 19.1. The number of amides is 2. The summed E-state index contributed by atoms with van der Waals surface area (Å²) in [6.45, 7) is 4.49. The van der Waals surface area contributed by atoms with Crippen LogP contribution in [0.25, 0.3) is 22.8 Å². The lowest BCUT2D eigenvalue weighted by Crippen LogP contribution is -2.55. The van der Waals surface area contributed by atoms with Crippen LogP contribution in [0.5, 0.6) is 0 Å². The van der Waals surface area contributed by atoms with Crippen molar-refractivity contribution in [2.75, 3.05) is 26.2 Å². The summed E-state index contributed by atoms with van der Waals surface area (Å²) in [6, 6.07) is 23.2. The SMILES string of the molecule is CC(=O)NC(Cc1ccccc1F)C(=O)N1CCN(Cc2cccc(-c3noc(-c4ccccc4)n3)c2)CC1. The number of nitrogens with one attached hydrogen (secondary N) is 1. The Balaban J connectivity index is 1.19. The molecule has 1 aromatic heterocycles. The van der Waals surface area contributed by atoms with Crippen molar-refractivity contribution < 1.29 is 18.5 Å². The lowest BCUT2D eigenvalue weighted by atomic mass is 10.0. The third kappa shape index (κ3) is 6.56. The number of benzene rings is 3. The Morgan fingerprint density at radius 3 is 2.41 bits per heavy atom. The molecule has 5 rings (SSSR count). The van der Waals surface area contributed by atoms with Crippen LogP contribution in [0, 0.1) is 5.82 Å². The zero-order valence-corrected chi connectivity index (χ0v) is 21.7. The van der Waals surface area contributed by atoms with Crippen LogP contribution >= 0.6 is 0 Å². The summed E-state index contributed by atoms with van der Waals surface area (Å²) < 4.78 is 19.7. The van der Waals surface area contributed by atoms with E-state index in [0.29, 0.717) is 50.0 Å². The molecule has 1 aliphatic rings. The highest BCUT2D eigenvalue weighted by Gasteiger charge is 2.29. The Hall–Kier alpha value is -4.37. The first-order chi connectivity index (χ1) is 19.0. The van der Waals surface area contributed by atoms with Crippen molar-refractivity contribution in [2.24, 2.45) is 0 Å². The minimum atomic E-state index is -0.807. The van der Waals surface area contributed by atoms with Gasteiger partial charge in [-0.05, 0) is 35.4 Å². The number of carbonyl (C=O) groups is 2. The van der Waals surface area contributed by atoms with E-state index in [-0.39, 0.29) is 24.1 Å². The zero-order valence-electron chi connectivity index (χ0n) is 21.7. The molecule has 4 aromatic rings. The number of nitrogens with zero attached hydrogens (tertiary/aromatic N) is 4. The zero-order chi connectivity index (χ0) is 27.2. The molecule has 0 saturated carbocycles. The number of halogens is 1. The van der Waals surface area contributed by atoms with Gasteiger partial charge in [0.05, 0.1) is 0 Å². The van der Waals surface area contributed by atoms with Gasteiger partial charge in [-0.3, -0.25) is 14.5 Å². The van der Waals surface area contributed by atoms with Crippen LogP contribution in [0.3, 0.4) is 0 Å². The summed E-state index contributed by atoms with van der Waals surface area (Å²) in [5, 5.41) is 6.86. The van der Waals surface area contributed by atoms with Crippen LogP contribution in [0.1, 0.15) is 18.1 Å². The third-order valence-corrected chi connectivity index (χ3v) is 6.78. The van der Waals surface area contributed by atoms with Gasteiger partial charge in [0.25, 0.3) is 5.89 Å². The Bertz CT molecular complexity index is 1430. The molecule has 1 saturated heterocycles. The molecule has 0 radical (unpaired) electrons. The summed E-state index contributed by atoms with van der Waals surface area (Å²) in [5.74, 6) is 0.112. The first-order valence-corrected chi connectivity index (χ1v) is 13.0. The van der Waals surface area contributed by atoms with Gasteiger partial charge in [-0.15, -0.1) is 0 Å². The Kier molecular flexibility index (Phi) is 8.07. The van der Waals surface area contributed by atoms with Gasteiger partial charge in [0, 0.05) is 57.2 Å². The molecular weight excluding hydrogens is 497 g/mol. The van der Waals surface area contributed by atoms with E-state index < -0.39 is 6.04 Å². The second-order valence-corrected chi connectivity index (χ2v) is 9.64. The van der Waals surface area contributed by atoms with E-state index in [1.807, 2.05) is 42.5 Å². The predicted molar refractivity (Wildman–Crippen MR) is 145 cm³/mol. The fourth-order valence-electron chi connectivity index (χ4n) is 4.78. The van der Waals surface area contributed by atoms with Crippen molar-refractivity contribution in [1.82, 2.24) is 25.3 Å². The number of hydrogen-bond acceptors (Lipinski definition) is 6. The maximum absolute atomic E-state index is 14.2. The molecule has 1 atom stereocenters. The van der Waals surface area contributed by atoms with Gasteiger partial charge >= 0.3 is 0 Å². The van der Waals surface area contributed by atoms with Gasteiger partial charge in [-0.2, -0.15) is 4.98 Å². The summed E-state index contributed by atoms with van der Waals surface area (Å²) in [6.07, 6.45) is 0.111. The molecule has 3 aromatic carbocycles. The van der Waals surface area contributed by atoms with Crippen molar-refractivity contribution in [3.05, 3.63) is 95.8 Å². The van der Waals surface area contributed by atoms with E-state index in [4.69, 9.17) is 4.52 Å². The number of rotatable bonds is 8. The average Bonchev–Trinajstić information content (AvgIpc) is 3.45. The highest BCUT2D eigenvalue weighted by Crippen LogP contribution is 2.23. The molecule has 2 amide bonds. The van der Waals surface area contributed by atoms with Crippen LogP contribution in [0.2, 0.25) is 0 Å². The maximum Gasteiger partial charge on any atom is 0.258 e. The van der Waals surface area contributed by atoms with Crippen molar-refractivity contribution >= 4 is 11.8 Å². The number of piperazine rings is 1. The molecule has 9 heteroatoms. The summed E-state index contributed by atoms with van der Waals surface area (Å²) in [4.78, 5) is 33.6. The van der Waals surface area contributed by atoms with E-state index in [0.717, 1.165) is 16.7 Å². The second-order valence-electron chi connectivity index (χ2n) is 9.64. The molecule has 0 spiro atoms. The van der Waals surface area contributed by atoms with Gasteiger partial charge in [-0.25, -0.2) is 4.39 Å². The molecule has 8 nitrogen and oxygen atoms in total. The Labute approximate surface area is 226 Å². The fraction of sp³-hybridized carbons (Fsp3) is 0.267. The quantitative estimate of drug-likeness (QED) is 0.373. The van der Waals surface area contributed by atoms with Crippen LogP contribution in [-0.2, 0) is 22.6 Å². The lowest BCUT2D eigenvalue weighted by molar-refractivity contribution is -0.137. The summed E-state index contributed by atoms with van der Waals surface area (Å²) >= 11 is 0. The molecule has 39 heavy (non-hydrogen) atoms. The summed E-state index contributed by atoms with van der Waals surface area (Å²) in [5.41, 5.74) is 3.25. The standard InChI is InChI=1S/C30H30FN5O3/c1-21(37)32-27(19-24-11-5-6-13-26(24)31)30(38)36-16-14-35(15-17-36)20-22-8-7-12-25(18-22)28-33-29(39-34-28)23-9-3-2-4-10-23/h2-13,18,27H,14-17,19-20H2,1H3,(H,32,37). The Morgan fingerprint density at radius 2 is 1.67 bits per heavy atom. The lowest BCUT2D eigenvalue weighted by Gasteiger charge is -2.36. The van der Waals surface area contributed by atoms with Gasteiger partial charge in [0.1, 0.15) is 11.9 Å². The molecule has 1 unspecified atom stereocenters. The van der Waals surface area contributed by atoms with E-state index in [1.54, 1.807) is 23.1 Å². The largest absolute Gasteiger partial charge is 0.344 e. The molecule has 1 aliphatic heterocycles. The first kappa shape index (κ1) is 26.2. The van der Waals surface area contributed by atoms with Crippen molar-refractivity contribution in [1.29, 1.82) is 0 Å². The van der Waals surface area contributed by atoms with E-state index in [1.165, 1.54) is 13.0 Å². The smallest absolute Gasteiger partial charge is 0.258 e. The number of aromatic nitrogens is 2. The predicted octanol–water partition coefficient (Wildman–Crippen LogP) is 3.93. The number of hydrogen-bond donors (Lipinski definition) is 1. The van der Waals surface area contributed by atoms with Crippen LogP contribution < -0.4 is 5.32 Å². The minimum Gasteiger partial charge on any atom is -0.344 e. The Morgan fingerprint density at radius 1 is 0.949 bits per heavy atom. The van der Waals surface area contributed by atoms with Crippen LogP contribution in [-0.4, -0.2) is 64.0 Å². The summed E-state index contributed by atoms with van der Waals surface area (Å²) in [7, 11) is 0. The number of carbonyl (C=O) groups excluding carboxylic acids is 2. The first-order valence-electron chi connectivity index (χ1n) is 13.0. The van der Waals surface area contributed by atoms with Crippen LogP contribution in [0.15, 0.2) is 83.4 Å². The van der Waals surface area contributed by atoms with Gasteiger partial charge < -0.3 is 14.7 Å². The molecule has 200 valence electrons. The minimum absolute atomic E-state index is 0.111. The highest BCUT2D eigenvalue weighted by molar-refractivity contribution is 5.87. The van der Waals surface area contributed by atoms with Crippen molar-refractivity contribution in [3.63, 3.8) is 0 Å². The third-order valence-electron chi connectivity index (χ3n) is 6.78. The van der Waals surface area contributed by atoms with E-state index in [9.17, 15) is 14.0 Å². The van der Waals surface area contributed by atoms with Crippen molar-refractivity contribution in [3.8, 4) is 22.8 Å². The van der Waals surface area contributed by atoms with Gasteiger partial charge in [-0.1, -0.05) is 59.8 Å².